The number of benzene rings is 1. The molecule has 6 nitrogen and oxygen atoms in total. The summed E-state index contributed by atoms with van der Waals surface area (Å²) in [5, 5.41) is 9.70. The molecule has 0 aliphatic carbocycles. The predicted octanol–water partition coefficient (Wildman–Crippen LogP) is 2.03. The molecule has 4 N–H and O–H groups in total. The number of fused-ring (bicyclic) bond motifs is 2. The van der Waals surface area contributed by atoms with E-state index in [0.717, 1.165) is 0 Å². The van der Waals surface area contributed by atoms with E-state index in [1.54, 1.807) is 12.1 Å². The average Bonchev–Trinajstić information content (AvgIpc) is 2.40. The molecule has 20 heavy (non-hydrogen) atoms. The number of halogens is 1. The van der Waals surface area contributed by atoms with Crippen LogP contribution in [0.25, 0.3) is 22.1 Å². The first kappa shape index (κ1) is 12.3. The first-order valence-electron chi connectivity index (χ1n) is 5.54. The van der Waals surface area contributed by atoms with Crippen LogP contribution in [0.3, 0.4) is 0 Å². The molecule has 0 saturated carbocycles. The van der Waals surface area contributed by atoms with Crippen molar-refractivity contribution in [2.75, 3.05) is 11.5 Å². The molecule has 98 valence electrons. The third-order valence-corrected chi connectivity index (χ3v) is 3.20. The van der Waals surface area contributed by atoms with E-state index in [1.165, 1.54) is 6.07 Å². The zero-order valence-corrected chi connectivity index (χ0v) is 10.7. The van der Waals surface area contributed by atoms with Gasteiger partial charge in [-0.3, -0.25) is 4.79 Å². The fourth-order valence-corrected chi connectivity index (χ4v) is 2.19. The van der Waals surface area contributed by atoms with Gasteiger partial charge in [-0.1, -0.05) is 11.6 Å². The summed E-state index contributed by atoms with van der Waals surface area (Å²) in [6, 6.07) is 6.45. The van der Waals surface area contributed by atoms with Gasteiger partial charge >= 0.3 is 0 Å². The van der Waals surface area contributed by atoms with E-state index in [2.05, 4.69) is 4.98 Å². The van der Waals surface area contributed by atoms with Crippen molar-refractivity contribution in [3.63, 3.8) is 0 Å². The molecule has 0 spiro atoms. The zero-order valence-electron chi connectivity index (χ0n) is 9.98. The number of nitriles is 1. The molecule has 0 bridgehead atoms. The van der Waals surface area contributed by atoms with Crippen LogP contribution in [-0.4, -0.2) is 4.98 Å². The van der Waals surface area contributed by atoms with Crippen molar-refractivity contribution in [2.24, 2.45) is 0 Å². The Morgan fingerprint density at radius 2 is 2.10 bits per heavy atom. The minimum absolute atomic E-state index is 0.00109. The maximum Gasteiger partial charge on any atom is 0.234 e. The Balaban J connectivity index is 2.62. The number of aromatic nitrogens is 1. The normalized spacial score (nSPS) is 10.8. The molecule has 0 radical (unpaired) electrons. The molecule has 0 fully saturated rings. The average molecular weight is 287 g/mol. The molecule has 0 saturated heterocycles. The Bertz CT molecular complexity index is 972. The largest absolute Gasteiger partial charge is 0.437 e. The molecule has 0 aliphatic heterocycles. The van der Waals surface area contributed by atoms with E-state index in [-0.39, 0.29) is 33.6 Å². The van der Waals surface area contributed by atoms with Gasteiger partial charge in [0.05, 0.1) is 11.1 Å². The van der Waals surface area contributed by atoms with Crippen LogP contribution in [0.4, 0.5) is 11.5 Å². The number of nitrogen functional groups attached to an aromatic ring is 2. The zero-order chi connectivity index (χ0) is 14.4. The Hall–Kier alpha value is -2.78. The van der Waals surface area contributed by atoms with Gasteiger partial charge in [0, 0.05) is 5.02 Å². The minimum Gasteiger partial charge on any atom is -0.437 e. The number of nitrogens with two attached hydrogens (primary N) is 2. The lowest BCUT2D eigenvalue weighted by Gasteiger charge is -2.06. The van der Waals surface area contributed by atoms with Gasteiger partial charge in [-0.15, -0.1) is 0 Å². The molecule has 7 heteroatoms. The number of hydrogen-bond acceptors (Lipinski definition) is 6. The Morgan fingerprint density at radius 3 is 2.80 bits per heavy atom. The molecule has 2 aromatic heterocycles. The van der Waals surface area contributed by atoms with Gasteiger partial charge in [0.2, 0.25) is 11.1 Å². The maximum absolute atomic E-state index is 12.5. The second-order valence-electron chi connectivity index (χ2n) is 4.15. The highest BCUT2D eigenvalue weighted by atomic mass is 35.5. The SMILES string of the molecule is N#Cc1c(N)nc2oc3ccc(Cl)cc3c(=O)c2c1N. The van der Waals surface area contributed by atoms with Crippen molar-refractivity contribution in [2.45, 2.75) is 0 Å². The second-order valence-corrected chi connectivity index (χ2v) is 4.59. The predicted molar refractivity (Wildman–Crippen MR) is 76.3 cm³/mol. The van der Waals surface area contributed by atoms with Gasteiger partial charge in [-0.05, 0) is 18.2 Å². The highest BCUT2D eigenvalue weighted by molar-refractivity contribution is 6.31. The van der Waals surface area contributed by atoms with Crippen LogP contribution in [0.15, 0.2) is 27.4 Å². The molecule has 1 aromatic carbocycles. The van der Waals surface area contributed by atoms with E-state index in [9.17, 15) is 4.79 Å². The van der Waals surface area contributed by atoms with Crippen LogP contribution >= 0.6 is 11.6 Å². The summed E-state index contributed by atoms with van der Waals surface area (Å²) in [6.07, 6.45) is 0. The highest BCUT2D eigenvalue weighted by Gasteiger charge is 2.17. The molecule has 0 aliphatic rings. The molecule has 3 aromatic rings. The van der Waals surface area contributed by atoms with Crippen LogP contribution in [0.1, 0.15) is 5.56 Å². The molecule has 0 atom stereocenters. The molecule has 3 rings (SSSR count). The topological polar surface area (TPSA) is 119 Å². The number of nitrogens with zero attached hydrogens (tertiary/aromatic N) is 2. The van der Waals surface area contributed by atoms with Crippen LogP contribution in [0, 0.1) is 11.3 Å². The molecular weight excluding hydrogens is 280 g/mol. The summed E-state index contributed by atoms with van der Waals surface area (Å²) >= 11 is 5.87. The summed E-state index contributed by atoms with van der Waals surface area (Å²) in [6.45, 7) is 0. The molecule has 2 heterocycles. The summed E-state index contributed by atoms with van der Waals surface area (Å²) in [5.74, 6) is -0.0750. The van der Waals surface area contributed by atoms with Crippen molar-refractivity contribution in [1.82, 2.24) is 4.98 Å². The number of pyridine rings is 1. The first-order valence-corrected chi connectivity index (χ1v) is 5.92. The molecule has 0 unspecified atom stereocenters. The smallest absolute Gasteiger partial charge is 0.234 e. The van der Waals surface area contributed by atoms with Gasteiger partial charge in [0.25, 0.3) is 0 Å². The number of hydrogen-bond donors (Lipinski definition) is 2. The van der Waals surface area contributed by atoms with Gasteiger partial charge in [-0.2, -0.15) is 10.2 Å². The quantitative estimate of drug-likeness (QED) is 0.610. The molecular formula is C13H7ClN4O2. The number of anilines is 2. The van der Waals surface area contributed by atoms with Crippen molar-refractivity contribution < 1.29 is 4.42 Å². The summed E-state index contributed by atoms with van der Waals surface area (Å²) in [5.41, 5.74) is 11.3. The maximum atomic E-state index is 12.5. The Morgan fingerprint density at radius 1 is 1.35 bits per heavy atom. The third-order valence-electron chi connectivity index (χ3n) is 2.96. The van der Waals surface area contributed by atoms with Gasteiger partial charge in [0.1, 0.15) is 28.4 Å². The van der Waals surface area contributed by atoms with Crippen LogP contribution < -0.4 is 16.9 Å². The number of rotatable bonds is 0. The van der Waals surface area contributed by atoms with Crippen molar-refractivity contribution >= 4 is 45.2 Å². The van der Waals surface area contributed by atoms with E-state index in [4.69, 9.17) is 32.7 Å². The van der Waals surface area contributed by atoms with Crippen molar-refractivity contribution in [3.05, 3.63) is 39.0 Å². The third kappa shape index (κ3) is 1.57. The van der Waals surface area contributed by atoms with Gasteiger partial charge < -0.3 is 15.9 Å². The van der Waals surface area contributed by atoms with Crippen LogP contribution in [0.2, 0.25) is 5.02 Å². The minimum atomic E-state index is -0.398. The van der Waals surface area contributed by atoms with E-state index in [1.807, 2.05) is 6.07 Å². The van der Waals surface area contributed by atoms with E-state index >= 15 is 0 Å². The van der Waals surface area contributed by atoms with E-state index < -0.39 is 5.43 Å². The lowest BCUT2D eigenvalue weighted by atomic mass is 10.1. The molecule has 0 amide bonds. The summed E-state index contributed by atoms with van der Waals surface area (Å²) in [7, 11) is 0. The Kier molecular flexibility index (Phi) is 2.52. The van der Waals surface area contributed by atoms with E-state index in [0.29, 0.717) is 10.6 Å². The standard InChI is InChI=1S/C13H7ClN4O2/c14-5-1-2-8-6(3-5)11(19)9-10(16)7(4-15)12(17)18-13(9)20-8/h1-3H,(H4,16,17,18). The monoisotopic (exact) mass is 286 g/mol. The van der Waals surface area contributed by atoms with Gasteiger partial charge in [0.15, 0.2) is 0 Å². The first-order chi connectivity index (χ1) is 9.52. The van der Waals surface area contributed by atoms with Crippen LogP contribution in [-0.2, 0) is 0 Å². The van der Waals surface area contributed by atoms with Gasteiger partial charge in [-0.25, -0.2) is 0 Å². The fourth-order valence-electron chi connectivity index (χ4n) is 2.02. The van der Waals surface area contributed by atoms with Crippen molar-refractivity contribution in [3.8, 4) is 6.07 Å². The summed E-state index contributed by atoms with van der Waals surface area (Å²) in [4.78, 5) is 16.4. The summed E-state index contributed by atoms with van der Waals surface area (Å²) < 4.78 is 5.50. The highest BCUT2D eigenvalue weighted by Crippen LogP contribution is 2.27. The fraction of sp³-hybridized carbons (Fsp3) is 0. The van der Waals surface area contributed by atoms with Crippen molar-refractivity contribution in [1.29, 1.82) is 5.26 Å². The van der Waals surface area contributed by atoms with Crippen LogP contribution in [0.5, 0.6) is 0 Å². The lowest BCUT2D eigenvalue weighted by molar-refractivity contribution is 0.645. The lowest BCUT2D eigenvalue weighted by Crippen LogP contribution is -2.10. The Labute approximate surface area is 117 Å². The second kappa shape index (κ2) is 4.11.